The van der Waals surface area contributed by atoms with Crippen LogP contribution in [0.2, 0.25) is 0 Å². The van der Waals surface area contributed by atoms with Gasteiger partial charge in [-0.05, 0) is 35.7 Å². The Hall–Kier alpha value is -0.570. The Kier molecular flexibility index (Phi) is 1.03. The van der Waals surface area contributed by atoms with E-state index in [1.807, 2.05) is 0 Å². The third kappa shape index (κ3) is 2.89. The van der Waals surface area contributed by atoms with Gasteiger partial charge in [0.2, 0.25) is 0 Å². The van der Waals surface area contributed by atoms with E-state index in [2.05, 4.69) is 20.9 Å². The molecule has 0 aromatic carbocycles. The summed E-state index contributed by atoms with van der Waals surface area (Å²) in [5, 5.41) is 0. The highest BCUT2D eigenvalue weighted by Gasteiger charge is 1.97. The van der Waals surface area contributed by atoms with Crippen LogP contribution in [0.25, 0.3) is 0 Å². The normalized spacial score (nSPS) is 22.8. The van der Waals surface area contributed by atoms with Crippen LogP contribution >= 0.6 is 15.9 Å². The lowest BCUT2D eigenvalue weighted by Gasteiger charge is -2.08. The Morgan fingerprint density at radius 1 is 1.73 bits per heavy atom. The van der Waals surface area contributed by atoms with E-state index in [1.165, 1.54) is 12.3 Å². The van der Waals surface area contributed by atoms with E-state index in [-0.39, 0.29) is 5.75 Å². The number of nitrogens with zero attached hydrogens (tertiary/aromatic N) is 1. The molecule has 1 aromatic rings. The van der Waals surface area contributed by atoms with Crippen molar-refractivity contribution in [2.24, 2.45) is 0 Å². The molecule has 0 fully saturated rings. The van der Waals surface area contributed by atoms with E-state index in [1.54, 1.807) is 0 Å². The fraction of sp³-hybridized carbons (Fsp3) is 0.375. The lowest BCUT2D eigenvalue weighted by atomic mass is 10.4. The molecule has 1 rings (SSSR count). The smallest absolute Gasteiger partial charge is 0.139 e. The van der Waals surface area contributed by atoms with Crippen molar-refractivity contribution in [3.05, 3.63) is 22.9 Å². The molecule has 2 nitrogen and oxygen atoms in total. The second-order valence-electron chi connectivity index (χ2n) is 1.77. The summed E-state index contributed by atoms with van der Waals surface area (Å²) in [6.07, 6.45) is -0.475. The molecule has 1 heterocycles. The average Bonchev–Trinajstić information content (AvgIpc) is 2.13. The van der Waals surface area contributed by atoms with Gasteiger partial charge in [-0.15, -0.1) is 0 Å². The fourth-order valence-electron chi connectivity index (χ4n) is 0.566. The molecule has 0 radical (unpaired) electrons. The first-order chi connectivity index (χ1) is 7.97. The second kappa shape index (κ2) is 3.72. The zero-order valence-electron chi connectivity index (χ0n) is 12.5. The predicted molar refractivity (Wildman–Crippen MR) is 47.7 cm³/mol. The van der Waals surface area contributed by atoms with Crippen LogP contribution in [0.4, 0.5) is 0 Å². The monoisotopic (exact) mass is 222 g/mol. The number of aromatic nitrogens is 1. The summed E-state index contributed by atoms with van der Waals surface area (Å²) in [7, 11) is 0. The van der Waals surface area contributed by atoms with Crippen molar-refractivity contribution in [3.63, 3.8) is 0 Å². The maximum atomic E-state index is 7.64. The van der Waals surface area contributed by atoms with Crippen LogP contribution in [0.3, 0.4) is 0 Å². The Balaban J connectivity index is 3.16. The molecule has 0 spiro atoms. The summed E-state index contributed by atoms with van der Waals surface area (Å²) < 4.78 is 56.0. The van der Waals surface area contributed by atoms with Crippen LogP contribution in [0.1, 0.15) is 23.3 Å². The van der Waals surface area contributed by atoms with Gasteiger partial charge in [0.15, 0.2) is 0 Å². The van der Waals surface area contributed by atoms with Gasteiger partial charge in [0.1, 0.15) is 5.75 Å². The van der Waals surface area contributed by atoms with Gasteiger partial charge in [-0.3, -0.25) is 4.98 Å². The molecule has 0 amide bonds. The van der Waals surface area contributed by atoms with E-state index < -0.39 is 19.8 Å². The fourth-order valence-corrected chi connectivity index (χ4v) is 0.910. The van der Waals surface area contributed by atoms with Crippen LogP contribution in [-0.4, -0.2) is 11.1 Å². The number of halogens is 1. The molecule has 0 aliphatic heterocycles. The van der Waals surface area contributed by atoms with Gasteiger partial charge < -0.3 is 4.74 Å². The minimum absolute atomic E-state index is 0.105. The summed E-state index contributed by atoms with van der Waals surface area (Å²) in [5.41, 5.74) is 0. The summed E-state index contributed by atoms with van der Waals surface area (Å²) >= 11 is 3.09. The summed E-state index contributed by atoms with van der Waals surface area (Å²) in [6, 6.07) is 1.34. The lowest BCUT2D eigenvalue weighted by molar-refractivity contribution is 0.241. The molecular formula is C8H10BrNO. The first-order valence-electron chi connectivity index (χ1n) is 6.27. The van der Waals surface area contributed by atoms with Crippen molar-refractivity contribution in [3.8, 4) is 5.75 Å². The highest BCUT2D eigenvalue weighted by Crippen LogP contribution is 2.16. The van der Waals surface area contributed by atoms with E-state index in [0.717, 1.165) is 6.20 Å². The predicted octanol–water partition coefficient (Wildman–Crippen LogP) is 2.63. The number of hydrogen-bond acceptors (Lipinski definition) is 2. The summed E-state index contributed by atoms with van der Waals surface area (Å²) in [4.78, 5) is 3.71. The van der Waals surface area contributed by atoms with Crippen LogP contribution in [-0.2, 0) is 0 Å². The standard InChI is InChI=1S/C8H10BrNO/c1-6(2)11-8-3-7(9)4-10-5-8/h3-6H,1-2H3/i1D3,2D3,6D. The number of hydrogen-bond donors (Lipinski definition) is 0. The van der Waals surface area contributed by atoms with Gasteiger partial charge in [-0.1, -0.05) is 0 Å². The van der Waals surface area contributed by atoms with E-state index in [4.69, 9.17) is 14.3 Å². The molecule has 0 aliphatic rings. The molecule has 0 bridgehead atoms. The van der Waals surface area contributed by atoms with Gasteiger partial charge in [0.25, 0.3) is 0 Å². The Labute approximate surface area is 84.6 Å². The van der Waals surface area contributed by atoms with Crippen molar-refractivity contribution in [1.29, 1.82) is 0 Å². The molecule has 1 aromatic heterocycles. The summed E-state index contributed by atoms with van der Waals surface area (Å²) in [6.45, 7) is -6.25. The minimum Gasteiger partial charge on any atom is -0.489 e. The molecule has 0 aliphatic carbocycles. The lowest BCUT2D eigenvalue weighted by Crippen LogP contribution is -2.05. The molecule has 0 saturated heterocycles. The zero-order chi connectivity index (χ0) is 14.2. The topological polar surface area (TPSA) is 22.1 Å². The number of ether oxygens (including phenoxy) is 1. The number of rotatable bonds is 2. The highest BCUT2D eigenvalue weighted by atomic mass is 79.9. The van der Waals surface area contributed by atoms with E-state index >= 15 is 0 Å². The molecule has 11 heavy (non-hydrogen) atoms. The molecule has 0 N–H and O–H groups in total. The van der Waals surface area contributed by atoms with E-state index in [0.29, 0.717) is 4.47 Å². The van der Waals surface area contributed by atoms with Crippen molar-refractivity contribution in [2.75, 3.05) is 0 Å². The quantitative estimate of drug-likeness (QED) is 0.768. The van der Waals surface area contributed by atoms with Crippen molar-refractivity contribution < 1.29 is 14.3 Å². The van der Waals surface area contributed by atoms with Gasteiger partial charge in [-0.25, -0.2) is 0 Å². The maximum Gasteiger partial charge on any atom is 0.139 e. The first-order valence-corrected chi connectivity index (χ1v) is 3.56. The molecule has 0 atom stereocenters. The largest absolute Gasteiger partial charge is 0.489 e. The SMILES string of the molecule is [2H]C([2H])([2H])C([2H])(Oc1cncc(Br)c1)C([2H])([2H])[2H]. The van der Waals surface area contributed by atoms with Crippen LogP contribution in [0.15, 0.2) is 22.9 Å². The third-order valence-electron chi connectivity index (χ3n) is 0.900. The van der Waals surface area contributed by atoms with Crippen molar-refractivity contribution in [2.45, 2.75) is 19.8 Å². The molecule has 60 valence electrons. The van der Waals surface area contributed by atoms with Crippen LogP contribution in [0, 0.1) is 0 Å². The second-order valence-corrected chi connectivity index (χ2v) is 2.69. The van der Waals surface area contributed by atoms with Gasteiger partial charge in [0, 0.05) is 18.9 Å². The first kappa shape index (κ1) is 3.05. The highest BCUT2D eigenvalue weighted by molar-refractivity contribution is 9.10. The Bertz CT molecular complexity index is 416. The molecule has 0 saturated carbocycles. The minimum atomic E-state index is -3.12. The Morgan fingerprint density at radius 2 is 2.55 bits per heavy atom. The Morgan fingerprint density at radius 3 is 3.18 bits per heavy atom. The van der Waals surface area contributed by atoms with Gasteiger partial charge in [-0.2, -0.15) is 0 Å². The van der Waals surface area contributed by atoms with Crippen LogP contribution in [0.5, 0.6) is 5.75 Å². The van der Waals surface area contributed by atoms with E-state index in [9.17, 15) is 0 Å². The van der Waals surface area contributed by atoms with Gasteiger partial charge >= 0.3 is 0 Å². The molecule has 0 unspecified atom stereocenters. The molecular weight excluding hydrogens is 206 g/mol. The third-order valence-corrected chi connectivity index (χ3v) is 1.33. The van der Waals surface area contributed by atoms with Gasteiger partial charge in [0.05, 0.1) is 13.6 Å². The van der Waals surface area contributed by atoms with Crippen molar-refractivity contribution in [1.82, 2.24) is 4.98 Å². The number of pyridine rings is 1. The summed E-state index contributed by atoms with van der Waals surface area (Å²) in [5.74, 6) is -0.105. The van der Waals surface area contributed by atoms with Crippen LogP contribution < -0.4 is 4.74 Å². The zero-order valence-corrected chi connectivity index (χ0v) is 7.05. The average molecular weight is 223 g/mol. The maximum absolute atomic E-state index is 7.64. The van der Waals surface area contributed by atoms with Crippen molar-refractivity contribution >= 4 is 15.9 Å². The molecule has 3 heteroatoms.